The first kappa shape index (κ1) is 19.4. The van der Waals surface area contributed by atoms with Gasteiger partial charge in [-0.25, -0.2) is 4.98 Å². The fourth-order valence-corrected chi connectivity index (χ4v) is 3.46. The van der Waals surface area contributed by atoms with Crippen molar-refractivity contribution < 1.29 is 9.53 Å². The normalized spacial score (nSPS) is 10.5. The molecule has 1 amide bonds. The van der Waals surface area contributed by atoms with Gasteiger partial charge in [-0.3, -0.25) is 9.59 Å². The molecule has 8 heteroatoms. The largest absolute Gasteiger partial charge is 0.497 e. The van der Waals surface area contributed by atoms with Gasteiger partial charge in [-0.1, -0.05) is 24.8 Å². The van der Waals surface area contributed by atoms with Gasteiger partial charge in [-0.15, -0.1) is 0 Å². The van der Waals surface area contributed by atoms with E-state index in [9.17, 15) is 9.59 Å². The quantitative estimate of drug-likeness (QED) is 0.396. The summed E-state index contributed by atoms with van der Waals surface area (Å²) in [5, 5.41) is 3.25. The van der Waals surface area contributed by atoms with E-state index in [1.807, 2.05) is 0 Å². The lowest BCUT2D eigenvalue weighted by molar-refractivity contribution is -0.113. The summed E-state index contributed by atoms with van der Waals surface area (Å²) in [6.45, 7) is 2.11. The van der Waals surface area contributed by atoms with Gasteiger partial charge in [0.25, 0.3) is 5.56 Å². The SMILES string of the molecule is CCCSCc1cc(=O)[nH]c(SCC(=O)Nc2cccc(OC)c2)n1. The number of ether oxygens (including phenoxy) is 1. The molecule has 1 heterocycles. The molecule has 2 N–H and O–H groups in total. The molecular formula is C17H21N3O3S2. The molecule has 0 saturated heterocycles. The van der Waals surface area contributed by atoms with Gasteiger partial charge < -0.3 is 15.0 Å². The first-order valence-corrected chi connectivity index (χ1v) is 9.99. The van der Waals surface area contributed by atoms with E-state index in [0.717, 1.165) is 17.9 Å². The Bertz CT molecular complexity index is 765. The van der Waals surface area contributed by atoms with Crippen molar-refractivity contribution in [1.82, 2.24) is 9.97 Å². The predicted octanol–water partition coefficient (Wildman–Crippen LogP) is 3.15. The molecule has 0 fully saturated rings. The Morgan fingerprint density at radius 3 is 2.96 bits per heavy atom. The fourth-order valence-electron chi connectivity index (χ4n) is 1.98. The number of hydrogen-bond acceptors (Lipinski definition) is 6. The zero-order chi connectivity index (χ0) is 18.1. The predicted molar refractivity (Wildman–Crippen MR) is 104 cm³/mol. The first-order valence-electron chi connectivity index (χ1n) is 7.85. The zero-order valence-electron chi connectivity index (χ0n) is 14.2. The van der Waals surface area contributed by atoms with Crippen LogP contribution in [0.2, 0.25) is 0 Å². The van der Waals surface area contributed by atoms with Gasteiger partial charge in [0.2, 0.25) is 5.91 Å². The molecule has 0 aliphatic rings. The van der Waals surface area contributed by atoms with Crippen LogP contribution < -0.4 is 15.6 Å². The van der Waals surface area contributed by atoms with Crippen molar-refractivity contribution in [3.63, 3.8) is 0 Å². The van der Waals surface area contributed by atoms with Crippen molar-refractivity contribution in [1.29, 1.82) is 0 Å². The molecular weight excluding hydrogens is 358 g/mol. The standard InChI is InChI=1S/C17H21N3O3S2/c1-3-7-24-10-13-9-15(21)20-17(19-13)25-11-16(22)18-12-5-4-6-14(8-12)23-2/h4-6,8-9H,3,7,10-11H2,1-2H3,(H,18,22)(H,19,20,21). The van der Waals surface area contributed by atoms with Gasteiger partial charge in [-0.2, -0.15) is 11.8 Å². The van der Waals surface area contributed by atoms with Crippen LogP contribution >= 0.6 is 23.5 Å². The number of hydrogen-bond donors (Lipinski definition) is 2. The zero-order valence-corrected chi connectivity index (χ0v) is 15.8. The van der Waals surface area contributed by atoms with Crippen molar-refractivity contribution in [2.45, 2.75) is 24.3 Å². The van der Waals surface area contributed by atoms with Crippen LogP contribution in [0.5, 0.6) is 5.75 Å². The average Bonchev–Trinajstić information content (AvgIpc) is 2.60. The van der Waals surface area contributed by atoms with Crippen LogP contribution in [0, 0.1) is 0 Å². The number of carbonyl (C=O) groups is 1. The van der Waals surface area contributed by atoms with Crippen LogP contribution in [0.1, 0.15) is 19.0 Å². The second kappa shape index (κ2) is 10.1. The van der Waals surface area contributed by atoms with E-state index in [-0.39, 0.29) is 17.2 Å². The molecule has 1 aromatic carbocycles. The van der Waals surface area contributed by atoms with Crippen molar-refractivity contribution in [3.05, 3.63) is 46.4 Å². The van der Waals surface area contributed by atoms with Crippen LogP contribution in [0.15, 0.2) is 40.3 Å². The number of thioether (sulfide) groups is 2. The third kappa shape index (κ3) is 6.83. The summed E-state index contributed by atoms with van der Waals surface area (Å²) < 4.78 is 5.12. The number of aromatic nitrogens is 2. The van der Waals surface area contributed by atoms with Crippen LogP contribution in [0.3, 0.4) is 0 Å². The van der Waals surface area contributed by atoms with E-state index in [2.05, 4.69) is 22.2 Å². The Balaban J connectivity index is 1.91. The third-order valence-electron chi connectivity index (χ3n) is 3.06. The average molecular weight is 380 g/mol. The highest BCUT2D eigenvalue weighted by Crippen LogP contribution is 2.18. The van der Waals surface area contributed by atoms with E-state index in [1.165, 1.54) is 17.8 Å². The van der Waals surface area contributed by atoms with Gasteiger partial charge in [0.05, 0.1) is 18.6 Å². The highest BCUT2D eigenvalue weighted by atomic mass is 32.2. The highest BCUT2D eigenvalue weighted by molar-refractivity contribution is 7.99. The maximum Gasteiger partial charge on any atom is 0.251 e. The minimum atomic E-state index is -0.196. The summed E-state index contributed by atoms with van der Waals surface area (Å²) in [4.78, 5) is 30.8. The van der Waals surface area contributed by atoms with Gasteiger partial charge in [-0.05, 0) is 24.3 Å². The lowest BCUT2D eigenvalue weighted by Gasteiger charge is -2.07. The Morgan fingerprint density at radius 1 is 1.36 bits per heavy atom. The summed E-state index contributed by atoms with van der Waals surface area (Å²) in [7, 11) is 1.57. The maximum atomic E-state index is 12.1. The summed E-state index contributed by atoms with van der Waals surface area (Å²) >= 11 is 2.94. The Morgan fingerprint density at radius 2 is 2.20 bits per heavy atom. The molecule has 2 rings (SSSR count). The summed E-state index contributed by atoms with van der Waals surface area (Å²) in [6, 6.07) is 8.65. The number of rotatable bonds is 9. The third-order valence-corrected chi connectivity index (χ3v) is 5.14. The maximum absolute atomic E-state index is 12.1. The molecule has 0 bridgehead atoms. The van der Waals surface area contributed by atoms with E-state index in [4.69, 9.17) is 4.74 Å². The lowest BCUT2D eigenvalue weighted by atomic mass is 10.3. The van der Waals surface area contributed by atoms with E-state index >= 15 is 0 Å². The van der Waals surface area contributed by atoms with Gasteiger partial charge >= 0.3 is 0 Å². The smallest absolute Gasteiger partial charge is 0.251 e. The minimum Gasteiger partial charge on any atom is -0.497 e. The van der Waals surface area contributed by atoms with Crippen LogP contribution in [0.4, 0.5) is 5.69 Å². The number of nitrogens with zero attached hydrogens (tertiary/aromatic N) is 1. The molecule has 0 spiro atoms. The van der Waals surface area contributed by atoms with E-state index < -0.39 is 0 Å². The summed E-state index contributed by atoms with van der Waals surface area (Å²) in [6.07, 6.45) is 1.08. The number of benzene rings is 1. The lowest BCUT2D eigenvalue weighted by Crippen LogP contribution is -2.15. The molecule has 0 unspecified atom stereocenters. The fraction of sp³-hybridized carbons (Fsp3) is 0.353. The second-order valence-electron chi connectivity index (χ2n) is 5.16. The van der Waals surface area contributed by atoms with Crippen LogP contribution in [0.25, 0.3) is 0 Å². The Labute approximate surface area is 155 Å². The van der Waals surface area contributed by atoms with Crippen molar-refractivity contribution >= 4 is 35.1 Å². The van der Waals surface area contributed by atoms with Crippen molar-refractivity contribution in [2.24, 2.45) is 0 Å². The number of nitrogens with one attached hydrogen (secondary N) is 2. The van der Waals surface area contributed by atoms with Crippen LogP contribution in [-0.2, 0) is 10.5 Å². The van der Waals surface area contributed by atoms with Crippen LogP contribution in [-0.4, -0.2) is 34.5 Å². The molecule has 1 aromatic heterocycles. The molecule has 6 nitrogen and oxygen atoms in total. The van der Waals surface area contributed by atoms with Gasteiger partial charge in [0, 0.05) is 23.6 Å². The number of aromatic amines is 1. The van der Waals surface area contributed by atoms with E-state index in [1.54, 1.807) is 43.1 Å². The number of amides is 1. The summed E-state index contributed by atoms with van der Waals surface area (Å²) in [5.74, 6) is 2.38. The van der Waals surface area contributed by atoms with Gasteiger partial charge in [0.1, 0.15) is 5.75 Å². The number of methoxy groups -OCH3 is 1. The molecule has 0 aliphatic carbocycles. The number of H-pyrrole nitrogens is 1. The molecule has 25 heavy (non-hydrogen) atoms. The van der Waals surface area contributed by atoms with E-state index in [0.29, 0.717) is 22.3 Å². The number of carbonyl (C=O) groups excluding carboxylic acids is 1. The topological polar surface area (TPSA) is 84.1 Å². The Hall–Kier alpha value is -1.93. The molecule has 134 valence electrons. The molecule has 2 aromatic rings. The highest BCUT2D eigenvalue weighted by Gasteiger charge is 2.08. The molecule has 0 aliphatic heterocycles. The molecule has 0 atom stereocenters. The molecule has 0 radical (unpaired) electrons. The number of anilines is 1. The first-order chi connectivity index (χ1) is 12.1. The monoisotopic (exact) mass is 379 g/mol. The second-order valence-corrected chi connectivity index (χ2v) is 7.23. The molecule has 0 saturated carbocycles. The van der Waals surface area contributed by atoms with Gasteiger partial charge in [0.15, 0.2) is 5.16 Å². The van der Waals surface area contributed by atoms with Crippen molar-refractivity contribution in [3.8, 4) is 5.75 Å². The summed E-state index contributed by atoms with van der Waals surface area (Å²) in [5.41, 5.74) is 1.20. The minimum absolute atomic E-state index is 0.158. The van der Waals surface area contributed by atoms with Crippen molar-refractivity contribution in [2.75, 3.05) is 23.9 Å². The Kier molecular flexibility index (Phi) is 7.87.